The number of halogens is 1. The molecule has 1 aromatic heterocycles. The molecule has 2 aromatic carbocycles. The highest BCUT2D eigenvalue weighted by atomic mass is 79.9. The standard InChI is InChI=1S/C21H21BrN2O3/c1-13(18-9-4-5-10-20(18)22)23-21(25)16-7-6-8-17(11-16)26-12-19-14(2)24-27-15(19)3/h4-11,13H,12H2,1-3H3,(H,23,25). The molecule has 1 amide bonds. The van der Waals surface area contributed by atoms with Gasteiger partial charge in [-0.05, 0) is 50.6 Å². The van der Waals surface area contributed by atoms with Gasteiger partial charge in [-0.3, -0.25) is 4.79 Å². The Morgan fingerprint density at radius 3 is 2.70 bits per heavy atom. The van der Waals surface area contributed by atoms with E-state index in [1.807, 2.05) is 51.1 Å². The number of carbonyl (C=O) groups excluding carboxylic acids is 1. The number of amides is 1. The third-order valence-corrected chi connectivity index (χ3v) is 5.10. The molecule has 3 aromatic rings. The first kappa shape index (κ1) is 19.2. The lowest BCUT2D eigenvalue weighted by atomic mass is 10.1. The van der Waals surface area contributed by atoms with Gasteiger partial charge in [0.1, 0.15) is 18.1 Å². The highest BCUT2D eigenvalue weighted by Crippen LogP contribution is 2.24. The fraction of sp³-hybridized carbons (Fsp3) is 0.238. The average Bonchev–Trinajstić information content (AvgIpc) is 2.98. The van der Waals surface area contributed by atoms with Crippen molar-refractivity contribution in [3.8, 4) is 5.75 Å². The third-order valence-electron chi connectivity index (χ3n) is 4.38. The van der Waals surface area contributed by atoms with E-state index in [1.54, 1.807) is 18.2 Å². The van der Waals surface area contributed by atoms with Crippen molar-refractivity contribution in [2.45, 2.75) is 33.4 Å². The van der Waals surface area contributed by atoms with E-state index in [0.29, 0.717) is 17.9 Å². The Labute approximate surface area is 166 Å². The van der Waals surface area contributed by atoms with E-state index in [1.165, 1.54) is 0 Å². The summed E-state index contributed by atoms with van der Waals surface area (Å²) in [6, 6.07) is 14.9. The van der Waals surface area contributed by atoms with Gasteiger partial charge in [-0.2, -0.15) is 0 Å². The molecule has 3 rings (SSSR count). The summed E-state index contributed by atoms with van der Waals surface area (Å²) in [7, 11) is 0. The first-order valence-corrected chi connectivity index (χ1v) is 9.45. The Morgan fingerprint density at radius 1 is 1.22 bits per heavy atom. The Morgan fingerprint density at radius 2 is 2.00 bits per heavy atom. The minimum Gasteiger partial charge on any atom is -0.489 e. The summed E-state index contributed by atoms with van der Waals surface area (Å²) in [5, 5.41) is 6.94. The number of rotatable bonds is 6. The van der Waals surface area contributed by atoms with Crippen LogP contribution in [0.15, 0.2) is 57.5 Å². The molecule has 140 valence electrons. The number of carbonyl (C=O) groups is 1. The third kappa shape index (κ3) is 4.57. The van der Waals surface area contributed by atoms with Crippen LogP contribution < -0.4 is 10.1 Å². The van der Waals surface area contributed by atoms with Crippen molar-refractivity contribution in [2.24, 2.45) is 0 Å². The minimum atomic E-state index is -0.152. The van der Waals surface area contributed by atoms with E-state index < -0.39 is 0 Å². The summed E-state index contributed by atoms with van der Waals surface area (Å²) in [4.78, 5) is 12.6. The van der Waals surface area contributed by atoms with Crippen LogP contribution in [0.25, 0.3) is 0 Å². The van der Waals surface area contributed by atoms with Gasteiger partial charge in [0.15, 0.2) is 0 Å². The van der Waals surface area contributed by atoms with Gasteiger partial charge in [-0.25, -0.2) is 0 Å². The fourth-order valence-electron chi connectivity index (χ4n) is 2.77. The second-order valence-corrected chi connectivity index (χ2v) is 7.19. The molecule has 0 saturated heterocycles. The maximum atomic E-state index is 12.6. The number of hydrogen-bond donors (Lipinski definition) is 1. The number of hydrogen-bond acceptors (Lipinski definition) is 4. The van der Waals surface area contributed by atoms with Crippen molar-refractivity contribution in [1.82, 2.24) is 10.5 Å². The Hall–Kier alpha value is -2.60. The van der Waals surface area contributed by atoms with Gasteiger partial charge < -0.3 is 14.6 Å². The first-order valence-electron chi connectivity index (χ1n) is 8.65. The molecule has 1 unspecified atom stereocenters. The number of aromatic nitrogens is 1. The van der Waals surface area contributed by atoms with Crippen molar-refractivity contribution < 1.29 is 14.1 Å². The van der Waals surface area contributed by atoms with E-state index in [-0.39, 0.29) is 11.9 Å². The zero-order valence-electron chi connectivity index (χ0n) is 15.5. The summed E-state index contributed by atoms with van der Waals surface area (Å²) in [5.41, 5.74) is 3.30. The molecule has 0 aliphatic rings. The maximum Gasteiger partial charge on any atom is 0.251 e. The second kappa shape index (κ2) is 8.39. The summed E-state index contributed by atoms with van der Waals surface area (Å²) >= 11 is 3.52. The maximum absolute atomic E-state index is 12.6. The molecule has 0 spiro atoms. The van der Waals surface area contributed by atoms with Crippen LogP contribution in [0.4, 0.5) is 0 Å². The molecular formula is C21H21BrN2O3. The van der Waals surface area contributed by atoms with Gasteiger partial charge in [-0.1, -0.05) is 45.4 Å². The Bertz CT molecular complexity index is 933. The largest absolute Gasteiger partial charge is 0.489 e. The van der Waals surface area contributed by atoms with E-state index in [2.05, 4.69) is 26.4 Å². The number of nitrogens with one attached hydrogen (secondary N) is 1. The van der Waals surface area contributed by atoms with E-state index in [0.717, 1.165) is 27.1 Å². The molecule has 6 heteroatoms. The molecule has 0 bridgehead atoms. The van der Waals surface area contributed by atoms with Crippen LogP contribution in [0, 0.1) is 13.8 Å². The SMILES string of the molecule is Cc1noc(C)c1COc1cccc(C(=O)NC(C)c2ccccc2Br)c1. The van der Waals surface area contributed by atoms with Crippen LogP contribution in [0.1, 0.15) is 45.9 Å². The van der Waals surface area contributed by atoms with Gasteiger partial charge in [0.25, 0.3) is 5.91 Å². The molecule has 0 aliphatic carbocycles. The highest BCUT2D eigenvalue weighted by molar-refractivity contribution is 9.10. The Kier molecular flexibility index (Phi) is 5.96. The normalized spacial score (nSPS) is 11.9. The van der Waals surface area contributed by atoms with Crippen molar-refractivity contribution >= 4 is 21.8 Å². The van der Waals surface area contributed by atoms with Gasteiger partial charge in [0, 0.05) is 10.0 Å². The quantitative estimate of drug-likeness (QED) is 0.591. The molecule has 1 N–H and O–H groups in total. The number of nitrogens with zero attached hydrogens (tertiary/aromatic N) is 1. The molecule has 27 heavy (non-hydrogen) atoms. The predicted molar refractivity (Wildman–Crippen MR) is 107 cm³/mol. The van der Waals surface area contributed by atoms with Crippen LogP contribution in [-0.2, 0) is 6.61 Å². The molecular weight excluding hydrogens is 408 g/mol. The average molecular weight is 429 g/mol. The van der Waals surface area contributed by atoms with Gasteiger partial charge in [0.05, 0.1) is 17.3 Å². The summed E-state index contributed by atoms with van der Waals surface area (Å²) in [6.07, 6.45) is 0. The van der Waals surface area contributed by atoms with Gasteiger partial charge in [-0.15, -0.1) is 0 Å². The number of aryl methyl sites for hydroxylation is 2. The smallest absolute Gasteiger partial charge is 0.251 e. The molecule has 0 aliphatic heterocycles. The summed E-state index contributed by atoms with van der Waals surface area (Å²) in [5.74, 6) is 1.21. The van der Waals surface area contributed by atoms with Crippen LogP contribution in [0.2, 0.25) is 0 Å². The number of ether oxygens (including phenoxy) is 1. The summed E-state index contributed by atoms with van der Waals surface area (Å²) in [6.45, 7) is 6.03. The van der Waals surface area contributed by atoms with Crippen molar-refractivity contribution in [2.75, 3.05) is 0 Å². The van der Waals surface area contributed by atoms with Gasteiger partial charge >= 0.3 is 0 Å². The minimum absolute atomic E-state index is 0.125. The van der Waals surface area contributed by atoms with Crippen LogP contribution in [0.3, 0.4) is 0 Å². The Balaban J connectivity index is 1.67. The second-order valence-electron chi connectivity index (χ2n) is 6.34. The van der Waals surface area contributed by atoms with Crippen LogP contribution >= 0.6 is 15.9 Å². The van der Waals surface area contributed by atoms with E-state index >= 15 is 0 Å². The first-order chi connectivity index (χ1) is 13.0. The van der Waals surface area contributed by atoms with Crippen LogP contribution in [0.5, 0.6) is 5.75 Å². The van der Waals surface area contributed by atoms with Crippen molar-refractivity contribution in [3.63, 3.8) is 0 Å². The monoisotopic (exact) mass is 428 g/mol. The van der Waals surface area contributed by atoms with Gasteiger partial charge in [0.2, 0.25) is 0 Å². The molecule has 0 saturated carbocycles. The van der Waals surface area contributed by atoms with Crippen molar-refractivity contribution in [1.29, 1.82) is 0 Å². The predicted octanol–water partition coefficient (Wildman–Crippen LogP) is 5.12. The zero-order chi connectivity index (χ0) is 19.4. The van der Waals surface area contributed by atoms with Crippen molar-refractivity contribution in [3.05, 3.63) is 81.1 Å². The lowest BCUT2D eigenvalue weighted by Gasteiger charge is -2.16. The fourth-order valence-corrected chi connectivity index (χ4v) is 3.40. The highest BCUT2D eigenvalue weighted by Gasteiger charge is 2.15. The summed E-state index contributed by atoms with van der Waals surface area (Å²) < 4.78 is 11.9. The lowest BCUT2D eigenvalue weighted by molar-refractivity contribution is 0.0939. The zero-order valence-corrected chi connectivity index (χ0v) is 17.0. The lowest BCUT2D eigenvalue weighted by Crippen LogP contribution is -2.26. The van der Waals surface area contributed by atoms with E-state index in [4.69, 9.17) is 9.26 Å². The topological polar surface area (TPSA) is 64.4 Å². The van der Waals surface area contributed by atoms with E-state index in [9.17, 15) is 4.79 Å². The van der Waals surface area contributed by atoms with Crippen LogP contribution in [-0.4, -0.2) is 11.1 Å². The molecule has 0 fully saturated rings. The molecule has 0 radical (unpaired) electrons. The number of benzene rings is 2. The molecule has 1 heterocycles. The molecule has 1 atom stereocenters. The molecule has 5 nitrogen and oxygen atoms in total.